The summed E-state index contributed by atoms with van der Waals surface area (Å²) < 4.78 is 0. The predicted molar refractivity (Wildman–Crippen MR) is 45.7 cm³/mol. The van der Waals surface area contributed by atoms with E-state index in [0.29, 0.717) is 13.1 Å². The van der Waals surface area contributed by atoms with Crippen LogP contribution in [0.3, 0.4) is 0 Å². The molecule has 0 aliphatic rings. The molecule has 4 radical (unpaired) electrons. The molecule has 0 aromatic carbocycles. The highest BCUT2D eigenvalue weighted by Gasteiger charge is 2.05. The second-order valence-corrected chi connectivity index (χ2v) is 1.76. The molecule has 3 nitrogen and oxygen atoms in total. The van der Waals surface area contributed by atoms with Gasteiger partial charge in [0.2, 0.25) is 0 Å². The smallest absolute Gasteiger partial charge is 0.407 e. The molecule has 0 aliphatic carbocycles. The molecule has 1 amide bonds. The first kappa shape index (κ1) is 12.6. The van der Waals surface area contributed by atoms with E-state index in [1.807, 2.05) is 0 Å². The third-order valence-electron chi connectivity index (χ3n) is 0.969. The number of hydrogen-bond donors (Lipinski definition) is 1. The molecule has 60 valence electrons. The van der Waals surface area contributed by atoms with E-state index in [2.05, 4.69) is 13.2 Å². The van der Waals surface area contributed by atoms with Crippen molar-refractivity contribution in [3.63, 3.8) is 0 Å². The van der Waals surface area contributed by atoms with Gasteiger partial charge in [-0.3, -0.25) is 0 Å². The SMILES string of the molecule is C=CCN(CC=C)C(=O)O.[Si]. The molecule has 0 aliphatic heterocycles. The van der Waals surface area contributed by atoms with Crippen LogP contribution in [0.4, 0.5) is 4.79 Å². The first-order chi connectivity index (χ1) is 4.72. The lowest BCUT2D eigenvalue weighted by atomic mass is 10.5. The van der Waals surface area contributed by atoms with Crippen LogP contribution in [0.25, 0.3) is 0 Å². The van der Waals surface area contributed by atoms with E-state index in [4.69, 9.17) is 5.11 Å². The first-order valence-corrected chi connectivity index (χ1v) is 2.92. The Bertz CT molecular complexity index is 137. The van der Waals surface area contributed by atoms with Crippen LogP contribution >= 0.6 is 0 Å². The third-order valence-corrected chi connectivity index (χ3v) is 0.969. The maximum absolute atomic E-state index is 10.3. The van der Waals surface area contributed by atoms with Gasteiger partial charge >= 0.3 is 6.09 Å². The number of carbonyl (C=O) groups is 1. The van der Waals surface area contributed by atoms with Crippen LogP contribution in [0.15, 0.2) is 25.3 Å². The minimum absolute atomic E-state index is 0. The Kier molecular flexibility index (Phi) is 8.12. The third kappa shape index (κ3) is 5.41. The molecule has 0 rings (SSSR count). The Labute approximate surface area is 71.0 Å². The van der Waals surface area contributed by atoms with Crippen molar-refractivity contribution in [1.29, 1.82) is 0 Å². The molecule has 0 atom stereocenters. The van der Waals surface area contributed by atoms with E-state index in [9.17, 15) is 4.79 Å². The highest BCUT2D eigenvalue weighted by molar-refractivity contribution is 5.75. The summed E-state index contributed by atoms with van der Waals surface area (Å²) >= 11 is 0. The Morgan fingerprint density at radius 2 is 1.73 bits per heavy atom. The van der Waals surface area contributed by atoms with Crippen molar-refractivity contribution in [1.82, 2.24) is 4.90 Å². The molecule has 0 saturated heterocycles. The Balaban J connectivity index is 0. The summed E-state index contributed by atoms with van der Waals surface area (Å²) in [6, 6.07) is 0. The van der Waals surface area contributed by atoms with Crippen LogP contribution in [-0.4, -0.2) is 40.2 Å². The zero-order valence-electron chi connectivity index (χ0n) is 6.29. The molecular weight excluding hydrogens is 158 g/mol. The van der Waals surface area contributed by atoms with E-state index in [-0.39, 0.29) is 11.0 Å². The molecule has 0 unspecified atom stereocenters. The van der Waals surface area contributed by atoms with Gasteiger partial charge in [0.1, 0.15) is 0 Å². The predicted octanol–water partition coefficient (Wildman–Crippen LogP) is 0.958. The fraction of sp³-hybridized carbons (Fsp3) is 0.286. The number of amides is 1. The van der Waals surface area contributed by atoms with Gasteiger partial charge in [-0.1, -0.05) is 12.2 Å². The number of carboxylic acid groups (broad SMARTS) is 1. The molecule has 0 aromatic rings. The van der Waals surface area contributed by atoms with Gasteiger partial charge in [0.05, 0.1) is 0 Å². The van der Waals surface area contributed by atoms with Gasteiger partial charge < -0.3 is 10.0 Å². The van der Waals surface area contributed by atoms with Crippen molar-refractivity contribution in [3.05, 3.63) is 25.3 Å². The number of rotatable bonds is 4. The van der Waals surface area contributed by atoms with Gasteiger partial charge in [-0.15, -0.1) is 13.2 Å². The van der Waals surface area contributed by atoms with Crippen molar-refractivity contribution >= 4 is 17.1 Å². The number of nitrogens with zero attached hydrogens (tertiary/aromatic N) is 1. The van der Waals surface area contributed by atoms with Crippen LogP contribution < -0.4 is 0 Å². The molecule has 0 spiro atoms. The van der Waals surface area contributed by atoms with Crippen LogP contribution in [0.5, 0.6) is 0 Å². The van der Waals surface area contributed by atoms with Gasteiger partial charge in [0.15, 0.2) is 0 Å². The van der Waals surface area contributed by atoms with E-state index < -0.39 is 6.09 Å². The van der Waals surface area contributed by atoms with E-state index in [1.165, 1.54) is 17.1 Å². The molecule has 11 heavy (non-hydrogen) atoms. The minimum Gasteiger partial charge on any atom is -0.465 e. The lowest BCUT2D eigenvalue weighted by Crippen LogP contribution is -2.29. The van der Waals surface area contributed by atoms with Crippen molar-refractivity contribution in [2.24, 2.45) is 0 Å². The van der Waals surface area contributed by atoms with Gasteiger partial charge in [0, 0.05) is 24.1 Å². The van der Waals surface area contributed by atoms with Crippen LogP contribution in [-0.2, 0) is 0 Å². The summed E-state index contributed by atoms with van der Waals surface area (Å²) in [7, 11) is 0. The molecule has 0 heterocycles. The summed E-state index contributed by atoms with van der Waals surface area (Å²) in [6.07, 6.45) is 2.13. The fourth-order valence-corrected chi connectivity index (χ4v) is 0.542. The van der Waals surface area contributed by atoms with Crippen LogP contribution in [0.2, 0.25) is 0 Å². The second kappa shape index (κ2) is 7.08. The normalized spacial score (nSPS) is 7.64. The van der Waals surface area contributed by atoms with Gasteiger partial charge in [-0.2, -0.15) is 0 Å². The highest BCUT2D eigenvalue weighted by atomic mass is 28.1. The summed E-state index contributed by atoms with van der Waals surface area (Å²) in [5.41, 5.74) is 0. The van der Waals surface area contributed by atoms with Crippen molar-refractivity contribution < 1.29 is 9.90 Å². The summed E-state index contributed by atoms with van der Waals surface area (Å²) in [4.78, 5) is 11.5. The average Bonchev–Trinajstić information content (AvgIpc) is 1.87. The fourth-order valence-electron chi connectivity index (χ4n) is 0.542. The minimum atomic E-state index is -0.945. The monoisotopic (exact) mass is 169 g/mol. The lowest BCUT2D eigenvalue weighted by molar-refractivity contribution is 0.155. The van der Waals surface area contributed by atoms with Gasteiger partial charge in [0.25, 0.3) is 0 Å². The van der Waals surface area contributed by atoms with E-state index in [0.717, 1.165) is 0 Å². The lowest BCUT2D eigenvalue weighted by Gasteiger charge is -2.13. The molecule has 0 bridgehead atoms. The average molecular weight is 169 g/mol. The largest absolute Gasteiger partial charge is 0.465 e. The zero-order chi connectivity index (χ0) is 7.98. The molecule has 1 N–H and O–H groups in total. The van der Waals surface area contributed by atoms with Crippen molar-refractivity contribution in [2.75, 3.05) is 13.1 Å². The van der Waals surface area contributed by atoms with Gasteiger partial charge in [-0.05, 0) is 0 Å². The molecular formula is C7H11NO2Si. The Morgan fingerprint density at radius 1 is 1.36 bits per heavy atom. The van der Waals surface area contributed by atoms with Crippen molar-refractivity contribution in [2.45, 2.75) is 0 Å². The summed E-state index contributed by atoms with van der Waals surface area (Å²) in [5, 5.41) is 8.47. The summed E-state index contributed by atoms with van der Waals surface area (Å²) in [5.74, 6) is 0. The molecule has 0 saturated carbocycles. The molecule has 0 fully saturated rings. The summed E-state index contributed by atoms with van der Waals surface area (Å²) in [6.45, 7) is 7.55. The van der Waals surface area contributed by atoms with E-state index in [1.54, 1.807) is 0 Å². The number of hydrogen-bond acceptors (Lipinski definition) is 1. The zero-order valence-corrected chi connectivity index (χ0v) is 7.29. The Hall–Kier alpha value is -1.03. The topological polar surface area (TPSA) is 40.5 Å². The molecule has 0 aromatic heterocycles. The highest BCUT2D eigenvalue weighted by Crippen LogP contribution is 1.88. The first-order valence-electron chi connectivity index (χ1n) is 2.92. The maximum Gasteiger partial charge on any atom is 0.407 e. The quantitative estimate of drug-likeness (QED) is 0.503. The standard InChI is InChI=1S/C7H11NO2.Si/c1-3-5-8(6-4-2)7(9)10;/h3-4H,1-2,5-6H2,(H,9,10);. The second-order valence-electron chi connectivity index (χ2n) is 1.76. The maximum atomic E-state index is 10.3. The van der Waals surface area contributed by atoms with Crippen molar-refractivity contribution in [3.8, 4) is 0 Å². The Morgan fingerprint density at radius 3 is 1.91 bits per heavy atom. The van der Waals surface area contributed by atoms with Gasteiger partial charge in [-0.25, -0.2) is 4.79 Å². The molecule has 4 heteroatoms. The van der Waals surface area contributed by atoms with Crippen LogP contribution in [0.1, 0.15) is 0 Å². The van der Waals surface area contributed by atoms with E-state index >= 15 is 0 Å². The van der Waals surface area contributed by atoms with Crippen LogP contribution in [0, 0.1) is 0 Å².